The van der Waals surface area contributed by atoms with E-state index in [1.807, 2.05) is 43.3 Å². The maximum atomic E-state index is 12.2. The summed E-state index contributed by atoms with van der Waals surface area (Å²) in [6.07, 6.45) is -0.138. The van der Waals surface area contributed by atoms with Crippen LogP contribution in [-0.4, -0.2) is 29.8 Å². The summed E-state index contributed by atoms with van der Waals surface area (Å²) in [5.74, 6) is -0.675. The van der Waals surface area contributed by atoms with E-state index in [9.17, 15) is 9.59 Å². The number of rotatable bonds is 4. The first-order valence-electron chi connectivity index (χ1n) is 8.51. The largest absolute Gasteiger partial charge is 0.369 e. The molecule has 1 atom stereocenters. The highest BCUT2D eigenvalue weighted by Crippen LogP contribution is 2.23. The van der Waals surface area contributed by atoms with E-state index < -0.39 is 11.9 Å². The van der Waals surface area contributed by atoms with Gasteiger partial charge in [0.15, 0.2) is 0 Å². The van der Waals surface area contributed by atoms with E-state index in [0.717, 1.165) is 11.3 Å². The SMILES string of the molecule is Cc1ccc(NC(=O)C[C@@H]2N=C(N=C(N)Nc3ccccc3)NC2=O)c(Cl)c1. The number of carbonyl (C=O) groups is 2. The summed E-state index contributed by atoms with van der Waals surface area (Å²) in [4.78, 5) is 32.5. The van der Waals surface area contributed by atoms with Gasteiger partial charge < -0.3 is 16.4 Å². The molecular weight excluding hydrogens is 380 g/mol. The second-order valence-corrected chi connectivity index (χ2v) is 6.59. The highest BCUT2D eigenvalue weighted by Gasteiger charge is 2.28. The van der Waals surface area contributed by atoms with Crippen LogP contribution in [0.1, 0.15) is 12.0 Å². The lowest BCUT2D eigenvalue weighted by atomic mass is 10.2. The number of aryl methyl sites for hydroxylation is 1. The molecule has 0 aromatic heterocycles. The maximum Gasteiger partial charge on any atom is 0.252 e. The van der Waals surface area contributed by atoms with E-state index in [2.05, 4.69) is 25.9 Å². The Morgan fingerprint density at radius 3 is 2.71 bits per heavy atom. The lowest BCUT2D eigenvalue weighted by Crippen LogP contribution is -2.32. The number of halogens is 1. The molecule has 1 aliphatic rings. The molecule has 5 N–H and O–H groups in total. The fraction of sp³-hybridized carbons (Fsp3) is 0.158. The molecule has 8 nitrogen and oxygen atoms in total. The molecule has 2 aromatic carbocycles. The number of hydrogen-bond donors (Lipinski definition) is 4. The molecule has 9 heteroatoms. The quantitative estimate of drug-likeness (QED) is 0.466. The number of nitrogens with one attached hydrogen (secondary N) is 3. The number of aliphatic imine (C=N–C) groups is 2. The normalized spacial score (nSPS) is 16.4. The first-order chi connectivity index (χ1) is 13.4. The third-order valence-electron chi connectivity index (χ3n) is 3.87. The van der Waals surface area contributed by atoms with Crippen LogP contribution in [-0.2, 0) is 9.59 Å². The molecule has 0 spiro atoms. The van der Waals surface area contributed by atoms with Gasteiger partial charge >= 0.3 is 0 Å². The number of nitrogens with two attached hydrogens (primary N) is 1. The number of guanidine groups is 2. The van der Waals surface area contributed by atoms with Crippen molar-refractivity contribution in [3.8, 4) is 0 Å². The number of benzene rings is 2. The number of carbonyl (C=O) groups excluding carboxylic acids is 2. The van der Waals surface area contributed by atoms with Crippen molar-refractivity contribution in [2.75, 3.05) is 10.6 Å². The third-order valence-corrected chi connectivity index (χ3v) is 4.18. The maximum absolute atomic E-state index is 12.2. The van der Waals surface area contributed by atoms with Crippen molar-refractivity contribution in [2.24, 2.45) is 15.7 Å². The molecule has 0 bridgehead atoms. The molecule has 0 fully saturated rings. The van der Waals surface area contributed by atoms with Gasteiger partial charge in [0.1, 0.15) is 6.04 Å². The van der Waals surface area contributed by atoms with Crippen LogP contribution in [0.2, 0.25) is 5.02 Å². The van der Waals surface area contributed by atoms with Crippen LogP contribution in [0.5, 0.6) is 0 Å². The summed E-state index contributed by atoms with van der Waals surface area (Å²) in [6.45, 7) is 1.90. The number of para-hydroxylation sites is 1. The van der Waals surface area contributed by atoms with Crippen LogP contribution in [0.4, 0.5) is 11.4 Å². The molecule has 0 aliphatic carbocycles. The average Bonchev–Trinajstić information content (AvgIpc) is 2.97. The second-order valence-electron chi connectivity index (χ2n) is 6.18. The van der Waals surface area contributed by atoms with E-state index in [1.165, 1.54) is 0 Å². The fourth-order valence-corrected chi connectivity index (χ4v) is 2.82. The van der Waals surface area contributed by atoms with Crippen molar-refractivity contribution in [1.29, 1.82) is 0 Å². The minimum Gasteiger partial charge on any atom is -0.369 e. The lowest BCUT2D eigenvalue weighted by molar-refractivity contribution is -0.123. The molecule has 2 aromatic rings. The standard InChI is InChI=1S/C19H19ClN6O2/c1-11-7-8-14(13(20)9-11)23-16(27)10-15-17(28)25-19(24-15)26-18(21)22-12-5-3-2-4-6-12/h2-9,15H,10H2,1H3,(H,23,27)(H4,21,22,24,25,26,28)/t15-/m0/s1. The van der Waals surface area contributed by atoms with Gasteiger partial charge in [-0.15, -0.1) is 0 Å². The van der Waals surface area contributed by atoms with Crippen molar-refractivity contribution in [3.05, 3.63) is 59.1 Å². The average molecular weight is 399 g/mol. The predicted molar refractivity (Wildman–Crippen MR) is 110 cm³/mol. The zero-order chi connectivity index (χ0) is 20.1. The summed E-state index contributed by atoms with van der Waals surface area (Å²) < 4.78 is 0. The zero-order valence-corrected chi connectivity index (χ0v) is 15.8. The van der Waals surface area contributed by atoms with Crippen LogP contribution in [0, 0.1) is 6.92 Å². The first-order valence-corrected chi connectivity index (χ1v) is 8.89. The highest BCUT2D eigenvalue weighted by molar-refractivity contribution is 6.33. The molecule has 0 saturated heterocycles. The molecule has 1 heterocycles. The van der Waals surface area contributed by atoms with Crippen LogP contribution < -0.4 is 21.7 Å². The number of nitrogens with zero attached hydrogens (tertiary/aromatic N) is 2. The molecule has 2 amide bonds. The van der Waals surface area contributed by atoms with E-state index >= 15 is 0 Å². The smallest absolute Gasteiger partial charge is 0.252 e. The molecule has 0 saturated carbocycles. The number of anilines is 2. The third kappa shape index (κ3) is 5.08. The lowest BCUT2D eigenvalue weighted by Gasteiger charge is -2.09. The van der Waals surface area contributed by atoms with Crippen molar-refractivity contribution in [2.45, 2.75) is 19.4 Å². The summed E-state index contributed by atoms with van der Waals surface area (Å²) in [5, 5.41) is 8.50. The van der Waals surface area contributed by atoms with Gasteiger partial charge in [0.05, 0.1) is 17.1 Å². The Morgan fingerprint density at radius 1 is 1.25 bits per heavy atom. The summed E-state index contributed by atoms with van der Waals surface area (Å²) >= 11 is 6.11. The Bertz CT molecular complexity index is 958. The summed E-state index contributed by atoms with van der Waals surface area (Å²) in [6, 6.07) is 13.6. The predicted octanol–water partition coefficient (Wildman–Crippen LogP) is 2.26. The fourth-order valence-electron chi connectivity index (χ4n) is 2.54. The Labute approximate surface area is 166 Å². The van der Waals surface area contributed by atoms with Crippen molar-refractivity contribution >= 4 is 46.7 Å². The second kappa shape index (κ2) is 8.53. The first kappa shape index (κ1) is 19.4. The van der Waals surface area contributed by atoms with Crippen molar-refractivity contribution in [1.82, 2.24) is 5.32 Å². The van der Waals surface area contributed by atoms with Gasteiger partial charge in [-0.05, 0) is 36.8 Å². The summed E-state index contributed by atoms with van der Waals surface area (Å²) in [5.41, 5.74) is 8.03. The Kier molecular flexibility index (Phi) is 5.90. The molecule has 28 heavy (non-hydrogen) atoms. The topological polar surface area (TPSA) is 121 Å². The minimum atomic E-state index is -0.882. The molecular formula is C19H19ClN6O2. The van der Waals surface area contributed by atoms with Gasteiger partial charge in [-0.25, -0.2) is 4.99 Å². The Balaban J connectivity index is 1.61. The van der Waals surface area contributed by atoms with Gasteiger partial charge in [0.25, 0.3) is 5.91 Å². The van der Waals surface area contributed by atoms with Crippen molar-refractivity contribution < 1.29 is 9.59 Å². The molecule has 0 radical (unpaired) electrons. The monoisotopic (exact) mass is 398 g/mol. The van der Waals surface area contributed by atoms with E-state index in [0.29, 0.717) is 10.7 Å². The van der Waals surface area contributed by atoms with Gasteiger partial charge in [-0.3, -0.25) is 14.9 Å². The molecule has 144 valence electrons. The number of amides is 2. The molecule has 0 unspecified atom stereocenters. The number of hydrogen-bond acceptors (Lipinski definition) is 4. The van der Waals surface area contributed by atoms with Gasteiger partial charge in [0, 0.05) is 5.69 Å². The van der Waals surface area contributed by atoms with Crippen LogP contribution in [0.15, 0.2) is 58.5 Å². The molecule has 1 aliphatic heterocycles. The van der Waals surface area contributed by atoms with Crippen LogP contribution in [0.25, 0.3) is 0 Å². The van der Waals surface area contributed by atoms with Gasteiger partial charge in [-0.1, -0.05) is 35.9 Å². The van der Waals surface area contributed by atoms with Gasteiger partial charge in [-0.2, -0.15) is 4.99 Å². The van der Waals surface area contributed by atoms with E-state index in [-0.39, 0.29) is 24.2 Å². The Hall–Kier alpha value is -3.39. The van der Waals surface area contributed by atoms with Crippen LogP contribution in [0.3, 0.4) is 0 Å². The highest BCUT2D eigenvalue weighted by atomic mass is 35.5. The van der Waals surface area contributed by atoms with Crippen LogP contribution >= 0.6 is 11.6 Å². The summed E-state index contributed by atoms with van der Waals surface area (Å²) in [7, 11) is 0. The minimum absolute atomic E-state index is 0.0529. The Morgan fingerprint density at radius 2 is 2.00 bits per heavy atom. The van der Waals surface area contributed by atoms with Gasteiger partial charge in [0.2, 0.25) is 17.8 Å². The molecule has 3 rings (SSSR count). The van der Waals surface area contributed by atoms with E-state index in [4.69, 9.17) is 17.3 Å². The van der Waals surface area contributed by atoms with Crippen molar-refractivity contribution in [3.63, 3.8) is 0 Å². The zero-order valence-electron chi connectivity index (χ0n) is 15.1. The van der Waals surface area contributed by atoms with E-state index in [1.54, 1.807) is 12.1 Å².